The predicted molar refractivity (Wildman–Crippen MR) is 89.8 cm³/mol. The monoisotopic (exact) mass is 359 g/mol. The highest BCUT2D eigenvalue weighted by Crippen LogP contribution is 2.31. The molecule has 0 radical (unpaired) electrons. The van der Waals surface area contributed by atoms with Gasteiger partial charge >= 0.3 is 0 Å². The zero-order valence-corrected chi connectivity index (χ0v) is 14.5. The van der Waals surface area contributed by atoms with Crippen molar-refractivity contribution in [1.82, 2.24) is 9.21 Å². The van der Waals surface area contributed by atoms with E-state index in [1.165, 1.54) is 4.31 Å². The molecule has 2 fully saturated rings. The Bertz CT molecular complexity index is 654. The van der Waals surface area contributed by atoms with E-state index in [2.05, 4.69) is 0 Å². The quantitative estimate of drug-likeness (QED) is 0.866. The van der Waals surface area contributed by atoms with E-state index in [1.54, 1.807) is 35.2 Å². The first-order valence-electron chi connectivity index (χ1n) is 7.57. The molecular formula is C15H22ClN3O3S. The molecule has 1 amide bonds. The average Bonchev–Trinajstić information content (AvgIpc) is 2.53. The maximum absolute atomic E-state index is 12.5. The largest absolute Gasteiger partial charge is 0.338 e. The van der Waals surface area contributed by atoms with Crippen molar-refractivity contribution in [3.8, 4) is 0 Å². The standard InChI is InChI=1S/C15H21N3O3S.ClH/c16-15(7-4-8-15)14(19)17-9-11-18(12-10-17)22(20,21)13-5-2-1-3-6-13;/h1-3,5-6H,4,7-12,16H2;1H. The fourth-order valence-electron chi connectivity index (χ4n) is 2.96. The van der Waals surface area contributed by atoms with Gasteiger partial charge in [-0.15, -0.1) is 12.4 Å². The molecule has 1 heterocycles. The number of benzene rings is 1. The lowest BCUT2D eigenvalue weighted by molar-refractivity contribution is -0.141. The van der Waals surface area contributed by atoms with Crippen molar-refractivity contribution in [1.29, 1.82) is 0 Å². The summed E-state index contributed by atoms with van der Waals surface area (Å²) in [5.74, 6) is -0.0319. The summed E-state index contributed by atoms with van der Waals surface area (Å²) in [6.45, 7) is 1.45. The number of nitrogens with two attached hydrogens (primary N) is 1. The van der Waals surface area contributed by atoms with E-state index in [-0.39, 0.29) is 18.3 Å². The number of nitrogens with zero attached hydrogens (tertiary/aromatic N) is 2. The number of rotatable bonds is 3. The summed E-state index contributed by atoms with van der Waals surface area (Å²) in [5.41, 5.74) is 5.36. The van der Waals surface area contributed by atoms with Gasteiger partial charge in [-0.05, 0) is 31.4 Å². The van der Waals surface area contributed by atoms with Crippen LogP contribution >= 0.6 is 12.4 Å². The number of carbonyl (C=O) groups excluding carboxylic acids is 1. The van der Waals surface area contributed by atoms with Crippen LogP contribution in [0.2, 0.25) is 0 Å². The molecule has 2 aliphatic rings. The van der Waals surface area contributed by atoms with E-state index < -0.39 is 15.6 Å². The normalized spacial score (nSPS) is 21.2. The lowest BCUT2D eigenvalue weighted by Crippen LogP contribution is -2.62. The van der Waals surface area contributed by atoms with Crippen LogP contribution in [-0.4, -0.2) is 55.2 Å². The Labute approximate surface area is 143 Å². The van der Waals surface area contributed by atoms with Crippen molar-refractivity contribution in [2.75, 3.05) is 26.2 Å². The van der Waals surface area contributed by atoms with Crippen LogP contribution in [0.3, 0.4) is 0 Å². The third kappa shape index (κ3) is 3.38. The molecule has 128 valence electrons. The first-order valence-corrected chi connectivity index (χ1v) is 9.01. The summed E-state index contributed by atoms with van der Waals surface area (Å²) < 4.78 is 26.5. The average molecular weight is 360 g/mol. The molecular weight excluding hydrogens is 338 g/mol. The molecule has 1 aliphatic heterocycles. The molecule has 0 aromatic heterocycles. The molecule has 1 aromatic rings. The summed E-state index contributed by atoms with van der Waals surface area (Å²) in [6, 6.07) is 8.39. The molecule has 1 aromatic carbocycles. The maximum Gasteiger partial charge on any atom is 0.243 e. The molecule has 3 rings (SSSR count). The smallest absolute Gasteiger partial charge is 0.243 e. The fraction of sp³-hybridized carbons (Fsp3) is 0.533. The zero-order chi connectivity index (χ0) is 15.8. The Morgan fingerprint density at radius 3 is 2.09 bits per heavy atom. The van der Waals surface area contributed by atoms with Crippen LogP contribution < -0.4 is 5.73 Å². The molecule has 1 aliphatic carbocycles. The highest BCUT2D eigenvalue weighted by atomic mass is 35.5. The zero-order valence-electron chi connectivity index (χ0n) is 12.8. The second kappa shape index (κ2) is 6.76. The molecule has 1 saturated heterocycles. The Kier molecular flexibility index (Phi) is 5.35. The van der Waals surface area contributed by atoms with E-state index in [0.29, 0.717) is 31.1 Å². The van der Waals surface area contributed by atoms with Gasteiger partial charge in [0.05, 0.1) is 10.4 Å². The Balaban J connectivity index is 0.00000192. The molecule has 6 nitrogen and oxygen atoms in total. The van der Waals surface area contributed by atoms with Gasteiger partial charge in [0.25, 0.3) is 0 Å². The van der Waals surface area contributed by atoms with Crippen molar-refractivity contribution in [2.45, 2.75) is 29.7 Å². The summed E-state index contributed by atoms with van der Waals surface area (Å²) >= 11 is 0. The SMILES string of the molecule is Cl.NC1(C(=O)N2CCN(S(=O)(=O)c3ccccc3)CC2)CCC1. The van der Waals surface area contributed by atoms with Crippen LogP contribution in [0.15, 0.2) is 35.2 Å². The minimum Gasteiger partial charge on any atom is -0.338 e. The van der Waals surface area contributed by atoms with Gasteiger partial charge < -0.3 is 10.6 Å². The van der Waals surface area contributed by atoms with Crippen molar-refractivity contribution < 1.29 is 13.2 Å². The third-order valence-corrected chi connectivity index (χ3v) is 6.49. The number of halogens is 1. The molecule has 0 spiro atoms. The van der Waals surface area contributed by atoms with Gasteiger partial charge in [0, 0.05) is 26.2 Å². The van der Waals surface area contributed by atoms with Gasteiger partial charge in [0.1, 0.15) is 0 Å². The van der Waals surface area contributed by atoms with E-state index >= 15 is 0 Å². The summed E-state index contributed by atoms with van der Waals surface area (Å²) in [4.78, 5) is 14.4. The molecule has 0 atom stereocenters. The fourth-order valence-corrected chi connectivity index (χ4v) is 4.40. The van der Waals surface area contributed by atoms with Crippen LogP contribution in [0.25, 0.3) is 0 Å². The molecule has 23 heavy (non-hydrogen) atoms. The Hall–Kier alpha value is -1.15. The molecule has 0 bridgehead atoms. The Morgan fingerprint density at radius 1 is 1.04 bits per heavy atom. The van der Waals surface area contributed by atoms with Crippen molar-refractivity contribution in [3.05, 3.63) is 30.3 Å². The van der Waals surface area contributed by atoms with E-state index in [1.807, 2.05) is 0 Å². The van der Waals surface area contributed by atoms with Gasteiger partial charge in [-0.2, -0.15) is 4.31 Å². The molecule has 8 heteroatoms. The van der Waals surface area contributed by atoms with Gasteiger partial charge in [-0.3, -0.25) is 4.79 Å². The minimum absolute atomic E-state index is 0. The summed E-state index contributed by atoms with van der Waals surface area (Å²) in [6.07, 6.45) is 2.45. The lowest BCUT2D eigenvalue weighted by atomic mass is 9.76. The van der Waals surface area contributed by atoms with Crippen molar-refractivity contribution in [2.24, 2.45) is 5.73 Å². The minimum atomic E-state index is -3.47. The lowest BCUT2D eigenvalue weighted by Gasteiger charge is -2.43. The molecule has 1 saturated carbocycles. The number of carbonyl (C=O) groups is 1. The van der Waals surface area contributed by atoms with Crippen LogP contribution in [0.5, 0.6) is 0 Å². The topological polar surface area (TPSA) is 83.7 Å². The van der Waals surface area contributed by atoms with Crippen LogP contribution in [0, 0.1) is 0 Å². The number of sulfonamides is 1. The van der Waals surface area contributed by atoms with Crippen molar-refractivity contribution >= 4 is 28.3 Å². The number of piperazine rings is 1. The third-order valence-electron chi connectivity index (χ3n) is 4.58. The van der Waals surface area contributed by atoms with E-state index in [0.717, 1.165) is 19.3 Å². The van der Waals surface area contributed by atoms with Gasteiger partial charge in [0.15, 0.2) is 0 Å². The Morgan fingerprint density at radius 2 is 1.61 bits per heavy atom. The predicted octanol–water partition coefficient (Wildman–Crippen LogP) is 0.823. The molecule has 0 unspecified atom stereocenters. The second-order valence-electron chi connectivity index (χ2n) is 6.02. The number of amides is 1. The summed E-state index contributed by atoms with van der Waals surface area (Å²) in [5, 5.41) is 0. The maximum atomic E-state index is 12.5. The van der Waals surface area contributed by atoms with Gasteiger partial charge in [-0.25, -0.2) is 8.42 Å². The first-order chi connectivity index (χ1) is 10.4. The van der Waals surface area contributed by atoms with Crippen molar-refractivity contribution in [3.63, 3.8) is 0 Å². The highest BCUT2D eigenvalue weighted by molar-refractivity contribution is 7.89. The first kappa shape index (κ1) is 18.2. The van der Waals surface area contributed by atoms with Gasteiger partial charge in [-0.1, -0.05) is 18.2 Å². The number of hydrogen-bond donors (Lipinski definition) is 1. The van der Waals surface area contributed by atoms with Crippen LogP contribution in [-0.2, 0) is 14.8 Å². The van der Waals surface area contributed by atoms with E-state index in [9.17, 15) is 13.2 Å². The highest BCUT2D eigenvalue weighted by Gasteiger charge is 2.43. The van der Waals surface area contributed by atoms with Gasteiger partial charge in [0.2, 0.25) is 15.9 Å². The van der Waals surface area contributed by atoms with E-state index in [4.69, 9.17) is 5.73 Å². The second-order valence-corrected chi connectivity index (χ2v) is 7.96. The number of hydrogen-bond acceptors (Lipinski definition) is 4. The molecule has 2 N–H and O–H groups in total. The summed E-state index contributed by atoms with van der Waals surface area (Å²) in [7, 11) is -3.47. The van der Waals surface area contributed by atoms with Crippen LogP contribution in [0.4, 0.5) is 0 Å². The van der Waals surface area contributed by atoms with Crippen LogP contribution in [0.1, 0.15) is 19.3 Å².